The summed E-state index contributed by atoms with van der Waals surface area (Å²) in [5, 5.41) is 0.729. The average molecular weight is 298 g/mol. The SMILES string of the molecule is CC1CC(Cc2ccc(Cl)cc2)COC[C@H](N)C(=O)O1. The standard InChI is InChI=1S/C15H20ClNO3/c1-10-6-12(7-11-2-4-13(16)5-3-11)8-19-9-14(17)15(18)20-10/h2-5,10,12,14H,6-9,17H2,1H3/t10?,12?,14-/m0/s1. The molecule has 0 aliphatic carbocycles. The summed E-state index contributed by atoms with van der Waals surface area (Å²) >= 11 is 5.88. The summed E-state index contributed by atoms with van der Waals surface area (Å²) in [5.41, 5.74) is 6.88. The van der Waals surface area contributed by atoms with Gasteiger partial charge in [0, 0.05) is 11.6 Å². The van der Waals surface area contributed by atoms with E-state index in [-0.39, 0.29) is 18.7 Å². The van der Waals surface area contributed by atoms with E-state index < -0.39 is 6.04 Å². The molecule has 1 heterocycles. The number of ether oxygens (including phenoxy) is 2. The van der Waals surface area contributed by atoms with Crippen LogP contribution in [0.1, 0.15) is 18.9 Å². The van der Waals surface area contributed by atoms with Crippen LogP contribution < -0.4 is 5.73 Å². The summed E-state index contributed by atoms with van der Waals surface area (Å²) in [6, 6.07) is 7.10. The molecule has 1 aliphatic rings. The van der Waals surface area contributed by atoms with Gasteiger partial charge in [0.05, 0.1) is 12.7 Å². The van der Waals surface area contributed by atoms with Gasteiger partial charge in [0.15, 0.2) is 0 Å². The maximum Gasteiger partial charge on any atom is 0.325 e. The predicted octanol–water partition coefficient (Wildman–Crippen LogP) is 2.18. The lowest BCUT2D eigenvalue weighted by Crippen LogP contribution is -2.37. The van der Waals surface area contributed by atoms with Gasteiger partial charge in [0.25, 0.3) is 0 Å². The molecule has 20 heavy (non-hydrogen) atoms. The van der Waals surface area contributed by atoms with Gasteiger partial charge in [-0.3, -0.25) is 4.79 Å². The molecule has 0 radical (unpaired) electrons. The largest absolute Gasteiger partial charge is 0.461 e. The minimum atomic E-state index is -0.688. The van der Waals surface area contributed by atoms with Gasteiger partial charge >= 0.3 is 5.97 Å². The maximum atomic E-state index is 11.6. The molecule has 0 spiro atoms. The normalized spacial score (nSPS) is 28.1. The molecular weight excluding hydrogens is 278 g/mol. The lowest BCUT2D eigenvalue weighted by Gasteiger charge is -2.19. The zero-order valence-corrected chi connectivity index (χ0v) is 12.3. The second-order valence-electron chi connectivity index (χ2n) is 5.32. The van der Waals surface area contributed by atoms with E-state index in [1.54, 1.807) is 0 Å². The number of hydrogen-bond donors (Lipinski definition) is 1. The Labute approximate surface area is 124 Å². The minimum absolute atomic E-state index is 0.146. The molecule has 2 rings (SSSR count). The lowest BCUT2D eigenvalue weighted by molar-refractivity contribution is -0.150. The number of halogens is 1. The number of esters is 1. The smallest absolute Gasteiger partial charge is 0.325 e. The highest BCUT2D eigenvalue weighted by molar-refractivity contribution is 6.30. The van der Waals surface area contributed by atoms with Crippen molar-refractivity contribution in [1.82, 2.24) is 0 Å². The fraction of sp³-hybridized carbons (Fsp3) is 0.533. The van der Waals surface area contributed by atoms with Crippen LogP contribution in [0.5, 0.6) is 0 Å². The van der Waals surface area contributed by atoms with Gasteiger partial charge in [-0.05, 0) is 43.4 Å². The molecule has 2 N–H and O–H groups in total. The third-order valence-electron chi connectivity index (χ3n) is 3.37. The number of cyclic esters (lactones) is 1. The van der Waals surface area contributed by atoms with Gasteiger partial charge < -0.3 is 15.2 Å². The Hall–Kier alpha value is -1.10. The van der Waals surface area contributed by atoms with Crippen molar-refractivity contribution in [1.29, 1.82) is 0 Å². The highest BCUT2D eigenvalue weighted by atomic mass is 35.5. The van der Waals surface area contributed by atoms with Gasteiger partial charge in [-0.25, -0.2) is 0 Å². The van der Waals surface area contributed by atoms with E-state index in [0.29, 0.717) is 12.5 Å². The summed E-state index contributed by atoms with van der Waals surface area (Å²) in [4.78, 5) is 11.6. The second kappa shape index (κ2) is 7.07. The van der Waals surface area contributed by atoms with Crippen molar-refractivity contribution < 1.29 is 14.3 Å². The lowest BCUT2D eigenvalue weighted by atomic mass is 9.95. The Bertz CT molecular complexity index is 449. The number of hydrogen-bond acceptors (Lipinski definition) is 4. The molecule has 0 amide bonds. The van der Waals surface area contributed by atoms with Crippen LogP contribution in [0.2, 0.25) is 5.02 Å². The first kappa shape index (κ1) is 15.3. The van der Waals surface area contributed by atoms with Crippen molar-refractivity contribution in [2.75, 3.05) is 13.2 Å². The molecule has 1 aliphatic heterocycles. The molecule has 0 aromatic heterocycles. The molecule has 1 saturated heterocycles. The van der Waals surface area contributed by atoms with Gasteiger partial charge in [-0.15, -0.1) is 0 Å². The van der Waals surface area contributed by atoms with Crippen molar-refractivity contribution in [3.05, 3.63) is 34.9 Å². The van der Waals surface area contributed by atoms with E-state index in [1.165, 1.54) is 5.56 Å². The quantitative estimate of drug-likeness (QED) is 0.850. The third kappa shape index (κ3) is 4.47. The molecule has 110 valence electrons. The van der Waals surface area contributed by atoms with E-state index in [4.69, 9.17) is 26.8 Å². The fourth-order valence-corrected chi connectivity index (χ4v) is 2.52. The van der Waals surface area contributed by atoms with Gasteiger partial charge in [-0.2, -0.15) is 0 Å². The van der Waals surface area contributed by atoms with E-state index >= 15 is 0 Å². The van der Waals surface area contributed by atoms with Crippen molar-refractivity contribution in [3.8, 4) is 0 Å². The Morgan fingerprint density at radius 1 is 1.30 bits per heavy atom. The Morgan fingerprint density at radius 3 is 2.70 bits per heavy atom. The Kier molecular flexibility index (Phi) is 5.40. The highest BCUT2D eigenvalue weighted by Crippen LogP contribution is 2.19. The number of carbonyl (C=O) groups is 1. The first-order valence-corrected chi connectivity index (χ1v) is 7.20. The summed E-state index contributed by atoms with van der Waals surface area (Å²) in [6.45, 7) is 2.69. The van der Waals surface area contributed by atoms with E-state index in [1.807, 2.05) is 31.2 Å². The van der Waals surface area contributed by atoms with E-state index in [0.717, 1.165) is 17.9 Å². The van der Waals surface area contributed by atoms with Crippen molar-refractivity contribution in [2.24, 2.45) is 11.7 Å². The van der Waals surface area contributed by atoms with Gasteiger partial charge in [0.1, 0.15) is 6.04 Å². The third-order valence-corrected chi connectivity index (χ3v) is 3.63. The summed E-state index contributed by atoms with van der Waals surface area (Å²) < 4.78 is 10.8. The number of nitrogens with two attached hydrogens (primary N) is 1. The molecule has 4 nitrogen and oxygen atoms in total. The summed E-state index contributed by atoms with van der Waals surface area (Å²) in [7, 11) is 0. The van der Waals surface area contributed by atoms with Crippen LogP contribution in [0.15, 0.2) is 24.3 Å². The first-order chi connectivity index (χ1) is 9.54. The first-order valence-electron chi connectivity index (χ1n) is 6.83. The van der Waals surface area contributed by atoms with Crippen molar-refractivity contribution in [2.45, 2.75) is 31.9 Å². The van der Waals surface area contributed by atoms with Crippen LogP contribution in [0.3, 0.4) is 0 Å². The Morgan fingerprint density at radius 2 is 2.00 bits per heavy atom. The van der Waals surface area contributed by atoms with Crippen LogP contribution in [-0.2, 0) is 20.7 Å². The summed E-state index contributed by atoms with van der Waals surface area (Å²) in [6.07, 6.45) is 1.49. The molecule has 1 fully saturated rings. The van der Waals surface area contributed by atoms with Crippen molar-refractivity contribution >= 4 is 17.6 Å². The molecule has 0 bridgehead atoms. The number of benzene rings is 1. The molecular formula is C15H20ClNO3. The van der Waals surface area contributed by atoms with Crippen LogP contribution in [-0.4, -0.2) is 31.3 Å². The molecule has 1 aromatic rings. The second-order valence-corrected chi connectivity index (χ2v) is 5.76. The highest BCUT2D eigenvalue weighted by Gasteiger charge is 2.24. The summed E-state index contributed by atoms with van der Waals surface area (Å²) in [5.74, 6) is -0.0890. The molecule has 0 saturated carbocycles. The van der Waals surface area contributed by atoms with Crippen LogP contribution >= 0.6 is 11.6 Å². The number of carbonyl (C=O) groups excluding carboxylic acids is 1. The Balaban J connectivity index is 1.99. The van der Waals surface area contributed by atoms with Crippen molar-refractivity contribution in [3.63, 3.8) is 0 Å². The van der Waals surface area contributed by atoms with Crippen LogP contribution in [0, 0.1) is 5.92 Å². The maximum absolute atomic E-state index is 11.6. The zero-order chi connectivity index (χ0) is 14.5. The van der Waals surface area contributed by atoms with E-state index in [9.17, 15) is 4.79 Å². The zero-order valence-electron chi connectivity index (χ0n) is 11.5. The molecule has 1 aromatic carbocycles. The van der Waals surface area contributed by atoms with Gasteiger partial charge in [-0.1, -0.05) is 23.7 Å². The fourth-order valence-electron chi connectivity index (χ4n) is 2.40. The molecule has 5 heteroatoms. The topological polar surface area (TPSA) is 61.5 Å². The predicted molar refractivity (Wildman–Crippen MR) is 77.6 cm³/mol. The van der Waals surface area contributed by atoms with Crippen LogP contribution in [0.25, 0.3) is 0 Å². The van der Waals surface area contributed by atoms with Crippen LogP contribution in [0.4, 0.5) is 0 Å². The molecule has 2 unspecified atom stereocenters. The average Bonchev–Trinajstić information content (AvgIpc) is 2.45. The minimum Gasteiger partial charge on any atom is -0.461 e. The number of rotatable bonds is 2. The van der Waals surface area contributed by atoms with Gasteiger partial charge in [0.2, 0.25) is 0 Å². The van der Waals surface area contributed by atoms with E-state index in [2.05, 4.69) is 0 Å². The molecule has 3 atom stereocenters. The monoisotopic (exact) mass is 297 g/mol.